The van der Waals surface area contributed by atoms with Crippen molar-refractivity contribution >= 4 is 0 Å². The molecule has 1 rings (SSSR count). The molecular formula is C10H11F4N. The second kappa shape index (κ2) is 4.18. The van der Waals surface area contributed by atoms with Crippen LogP contribution >= 0.6 is 0 Å². The number of nitrogens with two attached hydrogens (primary N) is 1. The van der Waals surface area contributed by atoms with E-state index in [0.29, 0.717) is 11.1 Å². The summed E-state index contributed by atoms with van der Waals surface area (Å²) in [6.07, 6.45) is -5.40. The van der Waals surface area contributed by atoms with E-state index in [2.05, 4.69) is 0 Å². The van der Waals surface area contributed by atoms with Gasteiger partial charge in [-0.05, 0) is 30.2 Å². The second-order valence-corrected chi connectivity index (χ2v) is 3.43. The molecule has 0 aliphatic carbocycles. The number of alkyl halides is 3. The molecule has 0 unspecified atom stereocenters. The van der Waals surface area contributed by atoms with Gasteiger partial charge >= 0.3 is 6.18 Å². The molecule has 5 heteroatoms. The zero-order chi connectivity index (χ0) is 11.6. The average Bonchev–Trinajstić information content (AvgIpc) is 1.99. The van der Waals surface area contributed by atoms with Crippen LogP contribution in [0.3, 0.4) is 0 Å². The minimum Gasteiger partial charge on any atom is -0.324 e. The Morgan fingerprint density at radius 2 is 1.93 bits per heavy atom. The van der Waals surface area contributed by atoms with E-state index in [0.717, 1.165) is 6.07 Å². The third-order valence-corrected chi connectivity index (χ3v) is 2.08. The molecule has 0 heterocycles. The lowest BCUT2D eigenvalue weighted by molar-refractivity contribution is -0.138. The first-order valence-electron chi connectivity index (χ1n) is 4.38. The summed E-state index contributed by atoms with van der Waals surface area (Å²) in [5.41, 5.74) is 6.15. The predicted octanol–water partition coefficient (Wildman–Crippen LogP) is 3.09. The van der Waals surface area contributed by atoms with E-state index in [1.54, 1.807) is 0 Å². The first kappa shape index (κ1) is 12.0. The van der Waals surface area contributed by atoms with Crippen molar-refractivity contribution in [3.05, 3.63) is 35.1 Å². The Morgan fingerprint density at radius 3 is 2.40 bits per heavy atom. The quantitative estimate of drug-likeness (QED) is 0.763. The number of hydrogen-bond donors (Lipinski definition) is 1. The highest BCUT2D eigenvalue weighted by atomic mass is 19.4. The zero-order valence-electron chi connectivity index (χ0n) is 8.11. The van der Waals surface area contributed by atoms with Crippen LogP contribution in [-0.4, -0.2) is 6.18 Å². The maximum Gasteiger partial charge on any atom is 0.390 e. The molecule has 1 nitrogen and oxygen atoms in total. The van der Waals surface area contributed by atoms with Crippen molar-refractivity contribution in [2.75, 3.05) is 0 Å². The van der Waals surface area contributed by atoms with Crippen molar-refractivity contribution in [2.45, 2.75) is 25.6 Å². The Morgan fingerprint density at radius 1 is 1.33 bits per heavy atom. The molecule has 1 atom stereocenters. The molecule has 0 bridgehead atoms. The third-order valence-electron chi connectivity index (χ3n) is 2.08. The van der Waals surface area contributed by atoms with Crippen LogP contribution in [0.15, 0.2) is 18.2 Å². The molecule has 0 aliphatic heterocycles. The molecular weight excluding hydrogens is 210 g/mol. The van der Waals surface area contributed by atoms with Crippen LogP contribution in [0.4, 0.5) is 17.6 Å². The first-order chi connectivity index (χ1) is 6.79. The molecule has 1 aromatic carbocycles. The molecule has 0 spiro atoms. The molecule has 0 aliphatic rings. The lowest BCUT2D eigenvalue weighted by atomic mass is 9.99. The van der Waals surface area contributed by atoms with Crippen LogP contribution in [0.5, 0.6) is 0 Å². The second-order valence-electron chi connectivity index (χ2n) is 3.43. The predicted molar refractivity (Wildman–Crippen MR) is 48.7 cm³/mol. The normalized spacial score (nSPS) is 14.0. The summed E-state index contributed by atoms with van der Waals surface area (Å²) in [5, 5.41) is 0. The standard InChI is InChI=1S/C10H11F4N/c1-6-4-7(11)2-3-8(6)9(15)5-10(12,13)14/h2-4,9H,5,15H2,1H3/t9-/m0/s1. The summed E-state index contributed by atoms with van der Waals surface area (Å²) < 4.78 is 48.8. The summed E-state index contributed by atoms with van der Waals surface area (Å²) in [7, 11) is 0. The van der Waals surface area contributed by atoms with E-state index in [9.17, 15) is 17.6 Å². The van der Waals surface area contributed by atoms with Crippen molar-refractivity contribution < 1.29 is 17.6 Å². The van der Waals surface area contributed by atoms with E-state index in [1.807, 2.05) is 0 Å². The number of halogens is 4. The maximum atomic E-state index is 12.7. The molecule has 2 N–H and O–H groups in total. The molecule has 0 saturated carbocycles. The van der Waals surface area contributed by atoms with Gasteiger partial charge in [0.1, 0.15) is 5.82 Å². The maximum absolute atomic E-state index is 12.7. The topological polar surface area (TPSA) is 26.0 Å². The Bertz CT molecular complexity index is 346. The van der Waals surface area contributed by atoms with Crippen molar-refractivity contribution in [1.82, 2.24) is 0 Å². The molecule has 0 aromatic heterocycles. The molecule has 15 heavy (non-hydrogen) atoms. The van der Waals surface area contributed by atoms with Crippen LogP contribution in [0.2, 0.25) is 0 Å². The lowest BCUT2D eigenvalue weighted by Gasteiger charge is -2.16. The zero-order valence-corrected chi connectivity index (χ0v) is 8.11. The van der Waals surface area contributed by atoms with Gasteiger partial charge in [0, 0.05) is 6.04 Å². The van der Waals surface area contributed by atoms with Gasteiger partial charge in [-0.2, -0.15) is 13.2 Å². The Hall–Kier alpha value is -1.10. The third kappa shape index (κ3) is 3.51. The Kier molecular flexibility index (Phi) is 3.34. The highest BCUT2D eigenvalue weighted by Crippen LogP contribution is 2.29. The molecule has 0 fully saturated rings. The van der Waals surface area contributed by atoms with Gasteiger partial charge in [-0.3, -0.25) is 0 Å². The fraction of sp³-hybridized carbons (Fsp3) is 0.400. The van der Waals surface area contributed by atoms with Crippen molar-refractivity contribution in [3.63, 3.8) is 0 Å². The number of hydrogen-bond acceptors (Lipinski definition) is 1. The van der Waals surface area contributed by atoms with Crippen molar-refractivity contribution in [2.24, 2.45) is 5.73 Å². The lowest BCUT2D eigenvalue weighted by Crippen LogP contribution is -2.21. The minimum absolute atomic E-state index is 0.328. The number of rotatable bonds is 2. The Labute approximate surface area is 84.9 Å². The molecule has 0 saturated heterocycles. The largest absolute Gasteiger partial charge is 0.390 e. The average molecular weight is 221 g/mol. The van der Waals surface area contributed by atoms with Gasteiger partial charge in [-0.1, -0.05) is 6.07 Å². The van der Waals surface area contributed by atoms with Gasteiger partial charge in [0.05, 0.1) is 6.42 Å². The van der Waals surface area contributed by atoms with Crippen LogP contribution in [0.25, 0.3) is 0 Å². The Balaban J connectivity index is 2.87. The molecule has 0 radical (unpaired) electrons. The summed E-state index contributed by atoms with van der Waals surface area (Å²) >= 11 is 0. The van der Waals surface area contributed by atoms with Crippen LogP contribution < -0.4 is 5.73 Å². The van der Waals surface area contributed by atoms with E-state index in [-0.39, 0.29) is 0 Å². The van der Waals surface area contributed by atoms with E-state index >= 15 is 0 Å². The van der Waals surface area contributed by atoms with E-state index in [1.165, 1.54) is 19.1 Å². The van der Waals surface area contributed by atoms with Gasteiger partial charge in [-0.25, -0.2) is 4.39 Å². The van der Waals surface area contributed by atoms with E-state index < -0.39 is 24.5 Å². The summed E-state index contributed by atoms with van der Waals surface area (Å²) in [4.78, 5) is 0. The van der Waals surface area contributed by atoms with Gasteiger partial charge in [0.25, 0.3) is 0 Å². The summed E-state index contributed by atoms with van der Waals surface area (Å²) in [6.45, 7) is 1.54. The highest BCUT2D eigenvalue weighted by molar-refractivity contribution is 5.29. The number of aryl methyl sites for hydroxylation is 1. The molecule has 84 valence electrons. The van der Waals surface area contributed by atoms with E-state index in [4.69, 9.17) is 5.73 Å². The van der Waals surface area contributed by atoms with Crippen LogP contribution in [0.1, 0.15) is 23.6 Å². The smallest absolute Gasteiger partial charge is 0.324 e. The van der Waals surface area contributed by atoms with Crippen LogP contribution in [-0.2, 0) is 0 Å². The van der Waals surface area contributed by atoms with Gasteiger partial charge in [0.2, 0.25) is 0 Å². The minimum atomic E-state index is -4.31. The van der Waals surface area contributed by atoms with Crippen molar-refractivity contribution in [3.8, 4) is 0 Å². The highest BCUT2D eigenvalue weighted by Gasteiger charge is 2.31. The SMILES string of the molecule is Cc1cc(F)ccc1[C@@H](N)CC(F)(F)F. The molecule has 0 amide bonds. The first-order valence-corrected chi connectivity index (χ1v) is 4.38. The fourth-order valence-electron chi connectivity index (χ4n) is 1.41. The van der Waals surface area contributed by atoms with Gasteiger partial charge in [-0.15, -0.1) is 0 Å². The molecule has 1 aromatic rings. The van der Waals surface area contributed by atoms with Gasteiger partial charge < -0.3 is 5.73 Å². The van der Waals surface area contributed by atoms with Gasteiger partial charge in [0.15, 0.2) is 0 Å². The summed E-state index contributed by atoms with van der Waals surface area (Å²) in [5.74, 6) is -0.476. The fourth-order valence-corrected chi connectivity index (χ4v) is 1.41. The summed E-state index contributed by atoms with van der Waals surface area (Å²) in [6, 6.07) is 2.44. The van der Waals surface area contributed by atoms with Crippen LogP contribution in [0, 0.1) is 12.7 Å². The van der Waals surface area contributed by atoms with Crippen molar-refractivity contribution in [1.29, 1.82) is 0 Å². The monoisotopic (exact) mass is 221 g/mol. The number of benzene rings is 1.